The summed E-state index contributed by atoms with van der Waals surface area (Å²) in [4.78, 5) is 2.27. The zero-order chi connectivity index (χ0) is 14.5. The first-order valence-electron chi connectivity index (χ1n) is 6.84. The van der Waals surface area contributed by atoms with Gasteiger partial charge in [-0.25, -0.2) is 0 Å². The third-order valence-electron chi connectivity index (χ3n) is 3.46. The second-order valence-electron chi connectivity index (χ2n) is 5.70. The van der Waals surface area contributed by atoms with E-state index in [1.165, 1.54) is 16.8 Å². The van der Waals surface area contributed by atoms with Crippen LogP contribution in [0.15, 0.2) is 18.2 Å². The molecule has 0 fully saturated rings. The number of nitriles is 1. The monoisotopic (exact) mass is 259 g/mol. The summed E-state index contributed by atoms with van der Waals surface area (Å²) in [5, 5.41) is 8.86. The summed E-state index contributed by atoms with van der Waals surface area (Å²) in [5.74, 6) is 0. The minimum atomic E-state index is -0.682. The van der Waals surface area contributed by atoms with E-state index in [0.29, 0.717) is 0 Å². The van der Waals surface area contributed by atoms with Crippen LogP contribution in [0.3, 0.4) is 0 Å². The Hall–Kier alpha value is -1.53. The number of rotatable bonds is 6. The van der Waals surface area contributed by atoms with Crippen molar-refractivity contribution in [2.75, 3.05) is 18.5 Å². The van der Waals surface area contributed by atoms with Gasteiger partial charge < -0.3 is 10.6 Å². The van der Waals surface area contributed by atoms with Crippen molar-refractivity contribution in [2.24, 2.45) is 5.73 Å². The quantitative estimate of drug-likeness (QED) is 0.798. The van der Waals surface area contributed by atoms with E-state index < -0.39 is 5.54 Å². The van der Waals surface area contributed by atoms with E-state index in [2.05, 4.69) is 50.1 Å². The predicted molar refractivity (Wildman–Crippen MR) is 81.2 cm³/mol. The molecule has 104 valence electrons. The van der Waals surface area contributed by atoms with Crippen LogP contribution in [0.2, 0.25) is 0 Å². The van der Waals surface area contributed by atoms with Crippen LogP contribution in [0.1, 0.15) is 37.3 Å². The largest absolute Gasteiger partial charge is 0.374 e. The van der Waals surface area contributed by atoms with Crippen molar-refractivity contribution >= 4 is 5.69 Å². The maximum atomic E-state index is 8.86. The van der Waals surface area contributed by atoms with Gasteiger partial charge in [-0.05, 0) is 51.7 Å². The Balaban J connectivity index is 2.44. The predicted octanol–water partition coefficient (Wildman–Crippen LogP) is 3.15. The highest BCUT2D eigenvalue weighted by atomic mass is 15.1. The molecule has 0 aliphatic heterocycles. The Morgan fingerprint density at radius 3 is 2.58 bits per heavy atom. The van der Waals surface area contributed by atoms with Crippen molar-refractivity contribution in [3.63, 3.8) is 0 Å². The Bertz CT molecular complexity index is 458. The minimum Gasteiger partial charge on any atom is -0.374 e. The molecule has 0 spiro atoms. The maximum absolute atomic E-state index is 8.86. The normalized spacial score (nSPS) is 13.7. The zero-order valence-electron chi connectivity index (χ0n) is 12.5. The first kappa shape index (κ1) is 15.5. The molecule has 2 N–H and O–H groups in total. The number of unbranched alkanes of at least 4 members (excludes halogenated alkanes) is 1. The molecule has 3 heteroatoms. The molecular formula is C16H25N3. The number of aryl methyl sites for hydroxylation is 2. The van der Waals surface area contributed by atoms with E-state index in [0.717, 1.165) is 25.8 Å². The van der Waals surface area contributed by atoms with Gasteiger partial charge in [0.25, 0.3) is 0 Å². The van der Waals surface area contributed by atoms with Gasteiger partial charge in [0.1, 0.15) is 5.54 Å². The van der Waals surface area contributed by atoms with Crippen molar-refractivity contribution in [1.82, 2.24) is 0 Å². The lowest BCUT2D eigenvalue weighted by Gasteiger charge is -2.22. The molecule has 1 aromatic rings. The second kappa shape index (κ2) is 6.58. The van der Waals surface area contributed by atoms with Gasteiger partial charge in [0.2, 0.25) is 0 Å². The number of anilines is 1. The highest BCUT2D eigenvalue weighted by Gasteiger charge is 2.16. The maximum Gasteiger partial charge on any atom is 0.101 e. The van der Waals surface area contributed by atoms with Gasteiger partial charge >= 0.3 is 0 Å². The first-order valence-corrected chi connectivity index (χ1v) is 6.84. The topological polar surface area (TPSA) is 53.0 Å². The summed E-state index contributed by atoms with van der Waals surface area (Å²) in [7, 11) is 2.11. The Morgan fingerprint density at radius 1 is 1.32 bits per heavy atom. The molecule has 0 aromatic heterocycles. The van der Waals surface area contributed by atoms with Gasteiger partial charge in [0.15, 0.2) is 0 Å². The van der Waals surface area contributed by atoms with E-state index in [1.54, 1.807) is 6.92 Å². The molecule has 0 saturated heterocycles. The van der Waals surface area contributed by atoms with Gasteiger partial charge in [-0.2, -0.15) is 5.26 Å². The molecule has 0 heterocycles. The summed E-state index contributed by atoms with van der Waals surface area (Å²) >= 11 is 0. The van der Waals surface area contributed by atoms with Crippen molar-refractivity contribution in [3.05, 3.63) is 29.3 Å². The highest BCUT2D eigenvalue weighted by Crippen LogP contribution is 2.20. The number of benzene rings is 1. The number of hydrogen-bond acceptors (Lipinski definition) is 3. The van der Waals surface area contributed by atoms with E-state index in [9.17, 15) is 0 Å². The molecule has 0 radical (unpaired) electrons. The van der Waals surface area contributed by atoms with Crippen LogP contribution in [0.4, 0.5) is 5.69 Å². The van der Waals surface area contributed by atoms with Crippen LogP contribution >= 0.6 is 0 Å². The smallest absolute Gasteiger partial charge is 0.101 e. The molecule has 0 amide bonds. The fourth-order valence-corrected chi connectivity index (χ4v) is 2.25. The van der Waals surface area contributed by atoms with E-state index in [-0.39, 0.29) is 0 Å². The van der Waals surface area contributed by atoms with Crippen molar-refractivity contribution < 1.29 is 0 Å². The van der Waals surface area contributed by atoms with Crippen LogP contribution in [-0.2, 0) is 0 Å². The standard InChI is InChI=1S/C16H25N3/c1-13-7-8-15(14(2)11-13)19(4)10-6-5-9-16(3,18)12-17/h7-8,11H,5-6,9-10,18H2,1-4H3. The lowest BCUT2D eigenvalue weighted by Crippen LogP contribution is -2.34. The number of nitrogens with two attached hydrogens (primary N) is 1. The summed E-state index contributed by atoms with van der Waals surface area (Å²) in [6.45, 7) is 7.04. The Labute approximate surface area is 117 Å². The molecule has 0 aliphatic carbocycles. The third kappa shape index (κ3) is 4.92. The van der Waals surface area contributed by atoms with E-state index in [4.69, 9.17) is 11.0 Å². The Morgan fingerprint density at radius 2 is 2.00 bits per heavy atom. The average Bonchev–Trinajstić information content (AvgIpc) is 2.34. The Kier molecular flexibility index (Phi) is 5.38. The summed E-state index contributed by atoms with van der Waals surface area (Å²) < 4.78 is 0. The minimum absolute atomic E-state index is 0.682. The summed E-state index contributed by atoms with van der Waals surface area (Å²) in [5.41, 5.74) is 9.01. The van der Waals surface area contributed by atoms with Crippen LogP contribution in [0.25, 0.3) is 0 Å². The fraction of sp³-hybridized carbons (Fsp3) is 0.562. The second-order valence-corrected chi connectivity index (χ2v) is 5.70. The van der Waals surface area contributed by atoms with Crippen LogP contribution in [0, 0.1) is 25.2 Å². The number of hydrogen-bond donors (Lipinski definition) is 1. The molecule has 0 bridgehead atoms. The molecule has 1 rings (SSSR count). The van der Waals surface area contributed by atoms with Crippen LogP contribution in [-0.4, -0.2) is 19.1 Å². The van der Waals surface area contributed by atoms with Crippen molar-refractivity contribution in [2.45, 2.75) is 45.6 Å². The van der Waals surface area contributed by atoms with Gasteiger partial charge in [0.05, 0.1) is 6.07 Å². The SMILES string of the molecule is Cc1ccc(N(C)CCCCC(C)(N)C#N)c(C)c1. The van der Waals surface area contributed by atoms with Crippen molar-refractivity contribution in [1.29, 1.82) is 5.26 Å². The molecule has 1 atom stereocenters. The van der Waals surface area contributed by atoms with Gasteiger partial charge in [-0.1, -0.05) is 17.7 Å². The fourth-order valence-electron chi connectivity index (χ4n) is 2.25. The van der Waals surface area contributed by atoms with E-state index >= 15 is 0 Å². The summed E-state index contributed by atoms with van der Waals surface area (Å²) in [6, 6.07) is 8.67. The number of nitrogens with zero attached hydrogens (tertiary/aromatic N) is 2. The first-order chi connectivity index (χ1) is 8.85. The lowest BCUT2D eigenvalue weighted by molar-refractivity contribution is 0.509. The summed E-state index contributed by atoms with van der Waals surface area (Å²) in [6.07, 6.45) is 2.79. The molecule has 3 nitrogen and oxygen atoms in total. The van der Waals surface area contributed by atoms with E-state index in [1.807, 2.05) is 0 Å². The van der Waals surface area contributed by atoms with Gasteiger partial charge in [-0.3, -0.25) is 0 Å². The highest BCUT2D eigenvalue weighted by molar-refractivity contribution is 5.53. The molecule has 0 aliphatic rings. The average molecular weight is 259 g/mol. The zero-order valence-corrected chi connectivity index (χ0v) is 12.5. The van der Waals surface area contributed by atoms with Crippen molar-refractivity contribution in [3.8, 4) is 6.07 Å². The molecule has 1 aromatic carbocycles. The lowest BCUT2D eigenvalue weighted by atomic mass is 9.98. The molecule has 0 saturated carbocycles. The van der Waals surface area contributed by atoms with Crippen LogP contribution in [0.5, 0.6) is 0 Å². The molecular weight excluding hydrogens is 234 g/mol. The van der Waals surface area contributed by atoms with Gasteiger partial charge in [-0.15, -0.1) is 0 Å². The molecule has 19 heavy (non-hydrogen) atoms. The van der Waals surface area contributed by atoms with Crippen LogP contribution < -0.4 is 10.6 Å². The van der Waals surface area contributed by atoms with Gasteiger partial charge in [0, 0.05) is 19.3 Å². The molecule has 1 unspecified atom stereocenters. The third-order valence-corrected chi connectivity index (χ3v) is 3.46.